The molecule has 4 heteroatoms. The molecule has 1 aromatic carbocycles. The lowest BCUT2D eigenvalue weighted by atomic mass is 9.76. The largest absolute Gasteiger partial charge is 0.383 e. The molecule has 0 aliphatic heterocycles. The highest BCUT2D eigenvalue weighted by atomic mass is 16.5. The van der Waals surface area contributed by atoms with Gasteiger partial charge in [0.05, 0.1) is 6.61 Å². The Morgan fingerprint density at radius 2 is 2.00 bits per heavy atom. The van der Waals surface area contributed by atoms with Crippen LogP contribution in [0.3, 0.4) is 0 Å². The molecule has 0 bridgehead atoms. The topological polar surface area (TPSA) is 50.4 Å². The van der Waals surface area contributed by atoms with Crippen LogP contribution in [0, 0.1) is 0 Å². The summed E-state index contributed by atoms with van der Waals surface area (Å²) < 4.78 is 4.88. The highest BCUT2D eigenvalue weighted by Gasteiger charge is 2.29. The van der Waals surface area contributed by atoms with Crippen molar-refractivity contribution in [1.82, 2.24) is 10.6 Å². The Hall–Kier alpha value is -1.39. The van der Waals surface area contributed by atoms with E-state index in [9.17, 15) is 4.79 Å². The standard InChI is InChI=1S/C16H24N2O2/c1-20-10-9-18-16(19)7-8-17-15-11-14(12-15)13-5-3-2-4-6-13/h2-6,14-15,17H,7-12H2,1H3,(H,18,19). The SMILES string of the molecule is COCCNC(=O)CCNC1CC(c2ccccc2)C1. The zero-order chi connectivity index (χ0) is 14.2. The maximum absolute atomic E-state index is 11.5. The fourth-order valence-electron chi connectivity index (χ4n) is 2.55. The number of ether oxygens (including phenoxy) is 1. The molecule has 1 fully saturated rings. The summed E-state index contributed by atoms with van der Waals surface area (Å²) in [4.78, 5) is 11.5. The first-order valence-electron chi connectivity index (χ1n) is 7.33. The zero-order valence-corrected chi connectivity index (χ0v) is 12.1. The summed E-state index contributed by atoms with van der Waals surface area (Å²) in [6, 6.07) is 11.2. The van der Waals surface area contributed by atoms with Crippen molar-refractivity contribution in [2.75, 3.05) is 26.8 Å². The van der Waals surface area contributed by atoms with Gasteiger partial charge < -0.3 is 15.4 Å². The third-order valence-electron chi connectivity index (χ3n) is 3.82. The van der Waals surface area contributed by atoms with Crippen molar-refractivity contribution in [1.29, 1.82) is 0 Å². The van der Waals surface area contributed by atoms with Gasteiger partial charge in [0, 0.05) is 32.7 Å². The second-order valence-corrected chi connectivity index (χ2v) is 5.32. The van der Waals surface area contributed by atoms with Gasteiger partial charge in [-0.25, -0.2) is 0 Å². The van der Waals surface area contributed by atoms with E-state index in [0.717, 1.165) is 6.54 Å². The van der Waals surface area contributed by atoms with E-state index in [4.69, 9.17) is 4.74 Å². The minimum Gasteiger partial charge on any atom is -0.383 e. The van der Waals surface area contributed by atoms with Gasteiger partial charge in [0.2, 0.25) is 5.91 Å². The molecule has 0 aromatic heterocycles. The highest BCUT2D eigenvalue weighted by molar-refractivity contribution is 5.76. The third kappa shape index (κ3) is 4.62. The average molecular weight is 276 g/mol. The Labute approximate surface area is 120 Å². The lowest BCUT2D eigenvalue weighted by molar-refractivity contribution is -0.121. The fourth-order valence-corrected chi connectivity index (χ4v) is 2.55. The molecular formula is C16H24N2O2. The Morgan fingerprint density at radius 1 is 1.25 bits per heavy atom. The Kier molecular flexibility index (Phi) is 6.02. The minimum absolute atomic E-state index is 0.0912. The normalized spacial score (nSPS) is 21.2. The van der Waals surface area contributed by atoms with Crippen molar-refractivity contribution >= 4 is 5.91 Å². The van der Waals surface area contributed by atoms with E-state index in [2.05, 4.69) is 41.0 Å². The molecule has 0 spiro atoms. The van der Waals surface area contributed by atoms with E-state index in [-0.39, 0.29) is 5.91 Å². The zero-order valence-electron chi connectivity index (χ0n) is 12.1. The number of amides is 1. The van der Waals surface area contributed by atoms with Crippen LogP contribution in [0.5, 0.6) is 0 Å². The Balaban J connectivity index is 1.54. The van der Waals surface area contributed by atoms with E-state index in [1.807, 2.05) is 0 Å². The predicted octanol–water partition coefficient (Wildman–Crippen LogP) is 1.67. The number of benzene rings is 1. The molecule has 0 heterocycles. The molecule has 1 amide bonds. The van der Waals surface area contributed by atoms with Crippen LogP contribution in [0.2, 0.25) is 0 Å². The van der Waals surface area contributed by atoms with Gasteiger partial charge in [-0.05, 0) is 24.3 Å². The van der Waals surface area contributed by atoms with Gasteiger partial charge in [-0.1, -0.05) is 30.3 Å². The van der Waals surface area contributed by atoms with Crippen LogP contribution in [-0.4, -0.2) is 38.8 Å². The summed E-state index contributed by atoms with van der Waals surface area (Å²) in [5.41, 5.74) is 1.43. The quantitative estimate of drug-likeness (QED) is 0.710. The molecule has 1 saturated carbocycles. The Bertz CT molecular complexity index is 402. The van der Waals surface area contributed by atoms with Crippen LogP contribution in [-0.2, 0) is 9.53 Å². The highest BCUT2D eigenvalue weighted by Crippen LogP contribution is 2.36. The lowest BCUT2D eigenvalue weighted by Gasteiger charge is -2.36. The molecular weight excluding hydrogens is 252 g/mol. The molecule has 20 heavy (non-hydrogen) atoms. The van der Waals surface area contributed by atoms with Crippen molar-refractivity contribution in [3.63, 3.8) is 0 Å². The maximum Gasteiger partial charge on any atom is 0.221 e. The molecule has 1 aliphatic rings. The van der Waals surface area contributed by atoms with Gasteiger partial charge in [0.1, 0.15) is 0 Å². The first kappa shape index (κ1) is 15.0. The van der Waals surface area contributed by atoms with Crippen molar-refractivity contribution in [2.45, 2.75) is 31.2 Å². The number of nitrogens with one attached hydrogen (secondary N) is 2. The second kappa shape index (κ2) is 8.02. The lowest BCUT2D eigenvalue weighted by Crippen LogP contribution is -2.41. The van der Waals surface area contributed by atoms with Crippen LogP contribution < -0.4 is 10.6 Å². The van der Waals surface area contributed by atoms with Gasteiger partial charge in [-0.3, -0.25) is 4.79 Å². The summed E-state index contributed by atoms with van der Waals surface area (Å²) in [5.74, 6) is 0.776. The first-order chi connectivity index (χ1) is 9.79. The van der Waals surface area contributed by atoms with Gasteiger partial charge in [0.15, 0.2) is 0 Å². The molecule has 0 unspecified atom stereocenters. The predicted molar refractivity (Wildman–Crippen MR) is 79.7 cm³/mol. The minimum atomic E-state index is 0.0912. The molecule has 0 atom stereocenters. The van der Waals surface area contributed by atoms with Gasteiger partial charge in [-0.15, -0.1) is 0 Å². The number of rotatable bonds is 8. The number of hydrogen-bond donors (Lipinski definition) is 2. The average Bonchev–Trinajstić information content (AvgIpc) is 2.42. The van der Waals surface area contributed by atoms with Gasteiger partial charge >= 0.3 is 0 Å². The van der Waals surface area contributed by atoms with Crippen molar-refractivity contribution in [3.8, 4) is 0 Å². The van der Waals surface area contributed by atoms with Crippen LogP contribution >= 0.6 is 0 Å². The van der Waals surface area contributed by atoms with Crippen molar-refractivity contribution in [3.05, 3.63) is 35.9 Å². The molecule has 1 aliphatic carbocycles. The Morgan fingerprint density at radius 3 is 2.70 bits per heavy atom. The second-order valence-electron chi connectivity index (χ2n) is 5.32. The summed E-state index contributed by atoms with van der Waals surface area (Å²) in [6.07, 6.45) is 2.89. The van der Waals surface area contributed by atoms with E-state index in [1.54, 1.807) is 7.11 Å². The molecule has 2 rings (SSSR count). The first-order valence-corrected chi connectivity index (χ1v) is 7.33. The van der Waals surface area contributed by atoms with Crippen LogP contribution in [0.15, 0.2) is 30.3 Å². The van der Waals surface area contributed by atoms with Gasteiger partial charge in [0.25, 0.3) is 0 Å². The maximum atomic E-state index is 11.5. The number of hydrogen-bond acceptors (Lipinski definition) is 3. The van der Waals surface area contributed by atoms with E-state index >= 15 is 0 Å². The molecule has 0 radical (unpaired) electrons. The molecule has 0 saturated heterocycles. The summed E-state index contributed by atoms with van der Waals surface area (Å²) in [5, 5.41) is 6.27. The summed E-state index contributed by atoms with van der Waals surface area (Å²) >= 11 is 0. The summed E-state index contributed by atoms with van der Waals surface area (Å²) in [7, 11) is 1.63. The van der Waals surface area contributed by atoms with Gasteiger partial charge in [-0.2, -0.15) is 0 Å². The van der Waals surface area contributed by atoms with E-state index in [1.165, 1.54) is 18.4 Å². The van der Waals surface area contributed by atoms with Crippen LogP contribution in [0.4, 0.5) is 0 Å². The smallest absolute Gasteiger partial charge is 0.221 e. The van der Waals surface area contributed by atoms with Crippen LogP contribution in [0.25, 0.3) is 0 Å². The fraction of sp³-hybridized carbons (Fsp3) is 0.562. The van der Waals surface area contributed by atoms with Crippen molar-refractivity contribution < 1.29 is 9.53 Å². The summed E-state index contributed by atoms with van der Waals surface area (Å²) in [6.45, 7) is 1.92. The molecule has 1 aromatic rings. The van der Waals surface area contributed by atoms with E-state index in [0.29, 0.717) is 31.5 Å². The van der Waals surface area contributed by atoms with Crippen molar-refractivity contribution in [2.24, 2.45) is 0 Å². The number of methoxy groups -OCH3 is 1. The van der Waals surface area contributed by atoms with Crippen LogP contribution in [0.1, 0.15) is 30.7 Å². The molecule has 4 nitrogen and oxygen atoms in total. The molecule has 110 valence electrons. The monoisotopic (exact) mass is 276 g/mol. The third-order valence-corrected chi connectivity index (χ3v) is 3.82. The number of carbonyl (C=O) groups excluding carboxylic acids is 1. The molecule has 2 N–H and O–H groups in total. The van der Waals surface area contributed by atoms with E-state index < -0.39 is 0 Å². The number of carbonyl (C=O) groups is 1.